The number of aliphatic hydroxyl groups is 1. The van der Waals surface area contributed by atoms with Gasteiger partial charge in [-0.2, -0.15) is 4.98 Å². The third-order valence-electron chi connectivity index (χ3n) is 16.5. The predicted octanol–water partition coefficient (Wildman–Crippen LogP) is 10.6. The van der Waals surface area contributed by atoms with E-state index < -0.39 is 49.2 Å². The van der Waals surface area contributed by atoms with Crippen LogP contribution in [0.3, 0.4) is 0 Å². The van der Waals surface area contributed by atoms with E-state index in [-0.39, 0.29) is 62.9 Å². The number of fused-ring (bicyclic) bond motifs is 1. The lowest BCUT2D eigenvalue weighted by Gasteiger charge is -2.58. The molecule has 4 N–H and O–H groups in total. The molecule has 0 unspecified atom stereocenters. The molecule has 1 amide bonds. The van der Waals surface area contributed by atoms with Crippen molar-refractivity contribution in [1.29, 1.82) is 0 Å². The molecule has 4 aliphatic rings. The second-order valence-corrected chi connectivity index (χ2v) is 24.1. The Morgan fingerprint density at radius 2 is 1.70 bits per heavy atom. The number of carbonyl (C=O) groups excluding carboxylic acids is 1. The van der Waals surface area contributed by atoms with Crippen molar-refractivity contribution in [2.45, 2.75) is 114 Å². The van der Waals surface area contributed by atoms with Gasteiger partial charge in [-0.3, -0.25) is 24.7 Å². The molecule has 18 nitrogen and oxygen atoms in total. The van der Waals surface area contributed by atoms with E-state index in [2.05, 4.69) is 77.8 Å². The summed E-state index contributed by atoms with van der Waals surface area (Å²) < 4.78 is 99.3. The first-order valence-electron chi connectivity index (χ1n) is 26.9. The molecular weight excluding hydrogens is 1060 g/mol. The van der Waals surface area contributed by atoms with E-state index in [1.807, 2.05) is 4.72 Å². The summed E-state index contributed by atoms with van der Waals surface area (Å²) in [5.74, 6) is -1.92. The quantitative estimate of drug-likeness (QED) is 0.0379. The molecule has 1 spiro atoms. The van der Waals surface area contributed by atoms with Crippen molar-refractivity contribution in [2.75, 3.05) is 56.6 Å². The highest BCUT2D eigenvalue weighted by Gasteiger charge is 2.50. The molecule has 80 heavy (non-hydrogen) atoms. The van der Waals surface area contributed by atoms with Gasteiger partial charge in [0.1, 0.15) is 27.9 Å². The molecule has 2 aliphatic carbocycles. The number of methoxy groups -OCH3 is 1. The fraction of sp³-hybridized carbons (Fsp3) is 0.456. The lowest BCUT2D eigenvalue weighted by atomic mass is 9.59. The van der Waals surface area contributed by atoms with E-state index in [4.69, 9.17) is 9.47 Å². The Morgan fingerprint density at radius 1 is 0.975 bits per heavy atom. The second kappa shape index (κ2) is 22.5. The minimum absolute atomic E-state index is 0.0462. The van der Waals surface area contributed by atoms with Crippen LogP contribution in [0.1, 0.15) is 111 Å². The van der Waals surface area contributed by atoms with E-state index in [1.54, 1.807) is 31.2 Å². The smallest absolute Gasteiger partial charge is 0.478 e. The van der Waals surface area contributed by atoms with E-state index in [9.17, 15) is 46.0 Å². The first-order valence-corrected chi connectivity index (χ1v) is 28.4. The Hall–Kier alpha value is -7.08. The van der Waals surface area contributed by atoms with Gasteiger partial charge in [0.2, 0.25) is 5.82 Å². The minimum Gasteiger partial charge on any atom is -0.478 e. The van der Waals surface area contributed by atoms with Gasteiger partial charge >= 0.3 is 12.0 Å². The van der Waals surface area contributed by atoms with Gasteiger partial charge in [0.05, 0.1) is 34.8 Å². The summed E-state index contributed by atoms with van der Waals surface area (Å²) in [6, 6.07) is 22.0. The fourth-order valence-electron chi connectivity index (χ4n) is 12.1. The molecule has 23 heteroatoms. The van der Waals surface area contributed by atoms with Crippen molar-refractivity contribution in [2.24, 2.45) is 11.3 Å². The Balaban J connectivity index is 0.848. The number of hydrogen-bond acceptors (Lipinski definition) is 15. The summed E-state index contributed by atoms with van der Waals surface area (Å²) in [6.45, 7) is 10.8. The van der Waals surface area contributed by atoms with Crippen LogP contribution in [0.25, 0.3) is 11.0 Å². The lowest BCUT2D eigenvalue weighted by Crippen LogP contribution is -2.60. The van der Waals surface area contributed by atoms with Crippen molar-refractivity contribution in [3.63, 3.8) is 0 Å². The number of nitrogens with one attached hydrogen (secondary N) is 3. The number of halogens is 4. The summed E-state index contributed by atoms with van der Waals surface area (Å²) in [4.78, 5) is 43.4. The number of ether oxygens (including phenoxy) is 3. The number of alkyl halides is 3. The standard InChI is InChI=1S/C57H65F4N9O9S/c1-35(2)42-7-5-6-8-43(42)48-34-67(33-37-9-12-40(13-10-37)79-57(59,60)61)23-24-69(48)39-28-56(29-39)19-21-68(22-20-56)38-11-14-44(49(25-38)78-50-27-45-46(58)32-64-51(45)65-54(50)77-4)53(71)66-80(75,76)41-26-47(70(73)74)52(63-31-41)62-30-36-15-17-55(3,72)18-16-36/h5-14,25-27,31-32,35-36,39,48,72H,15-24,28-30,33-34H2,1-4H3,(H,62,63)(H,64,65)(H,66,71)/t36?,48-,55?/m0/s1. The van der Waals surface area contributed by atoms with Gasteiger partial charge in [-0.05, 0) is 116 Å². The number of aromatic amines is 1. The number of nitro groups is 1. The molecular formula is C57H65F4N9O9S. The second-order valence-electron chi connectivity index (χ2n) is 22.4. The van der Waals surface area contributed by atoms with Gasteiger partial charge in [0.15, 0.2) is 5.75 Å². The normalized spacial score (nSPS) is 21.1. The number of piperidine rings is 1. The van der Waals surface area contributed by atoms with Crippen LogP contribution in [-0.2, 0) is 16.6 Å². The summed E-state index contributed by atoms with van der Waals surface area (Å²) in [6.07, 6.45) is 3.58. The summed E-state index contributed by atoms with van der Waals surface area (Å²) in [5, 5.41) is 25.6. The maximum absolute atomic E-state index is 14.9. The molecule has 0 bridgehead atoms. The van der Waals surface area contributed by atoms with Crippen LogP contribution in [0.4, 0.5) is 34.8 Å². The highest BCUT2D eigenvalue weighted by atomic mass is 32.2. The molecule has 2 saturated heterocycles. The Bertz CT molecular complexity index is 3350. The van der Waals surface area contributed by atoms with E-state index in [0.717, 1.165) is 69.3 Å². The van der Waals surface area contributed by atoms with E-state index >= 15 is 0 Å². The van der Waals surface area contributed by atoms with Crippen molar-refractivity contribution in [1.82, 2.24) is 29.5 Å². The summed E-state index contributed by atoms with van der Waals surface area (Å²) >= 11 is 0. The third kappa shape index (κ3) is 12.4. The Morgan fingerprint density at radius 3 is 2.39 bits per heavy atom. The van der Waals surface area contributed by atoms with Gasteiger partial charge in [0.25, 0.3) is 21.8 Å². The van der Waals surface area contributed by atoms with Crippen LogP contribution in [0.2, 0.25) is 0 Å². The third-order valence-corrected chi connectivity index (χ3v) is 17.8. The number of H-pyrrole nitrogens is 1. The number of aromatic nitrogens is 3. The number of rotatable bonds is 17. The Labute approximate surface area is 461 Å². The molecule has 3 aromatic heterocycles. The topological polar surface area (TPSA) is 218 Å². The highest BCUT2D eigenvalue weighted by molar-refractivity contribution is 7.90. The van der Waals surface area contributed by atoms with Crippen LogP contribution in [-0.4, -0.2) is 113 Å². The number of piperazine rings is 1. The van der Waals surface area contributed by atoms with Gasteiger partial charge in [-0.25, -0.2) is 22.5 Å². The number of anilines is 2. The zero-order valence-corrected chi connectivity index (χ0v) is 45.7. The van der Waals surface area contributed by atoms with E-state index in [1.165, 1.54) is 42.5 Å². The van der Waals surface area contributed by atoms with Crippen molar-refractivity contribution < 1.29 is 55.0 Å². The molecule has 4 fully saturated rings. The monoisotopic (exact) mass is 1130 g/mol. The number of benzene rings is 3. The largest absolute Gasteiger partial charge is 0.573 e. The van der Waals surface area contributed by atoms with Gasteiger partial charge < -0.3 is 34.5 Å². The van der Waals surface area contributed by atoms with Crippen LogP contribution < -0.4 is 29.1 Å². The van der Waals surface area contributed by atoms with Crippen LogP contribution >= 0.6 is 0 Å². The molecule has 2 saturated carbocycles. The molecule has 6 aromatic rings. The zero-order chi connectivity index (χ0) is 56.7. The van der Waals surface area contributed by atoms with Crippen molar-refractivity contribution >= 4 is 44.2 Å². The number of nitrogens with zero attached hydrogens (tertiary/aromatic N) is 6. The lowest BCUT2D eigenvalue weighted by molar-refractivity contribution is -0.384. The maximum atomic E-state index is 14.9. The average molecular weight is 1130 g/mol. The number of pyridine rings is 2. The maximum Gasteiger partial charge on any atom is 0.573 e. The van der Waals surface area contributed by atoms with Gasteiger partial charge in [0, 0.05) is 88.0 Å². The first-order chi connectivity index (χ1) is 38.0. The van der Waals surface area contributed by atoms with Crippen LogP contribution in [0.15, 0.2) is 96.2 Å². The highest BCUT2D eigenvalue weighted by Crippen LogP contribution is 2.54. The van der Waals surface area contributed by atoms with Crippen molar-refractivity contribution in [3.05, 3.63) is 129 Å². The predicted molar refractivity (Wildman–Crippen MR) is 291 cm³/mol. The molecule has 10 rings (SSSR count). The molecule has 0 radical (unpaired) electrons. The molecule has 1 atom stereocenters. The first kappa shape index (κ1) is 56.2. The number of carbonyl (C=O) groups is 1. The number of sulfonamides is 1. The van der Waals surface area contributed by atoms with Crippen molar-refractivity contribution in [3.8, 4) is 23.1 Å². The average Bonchev–Trinajstić information content (AvgIpc) is 3.83. The van der Waals surface area contributed by atoms with E-state index in [0.29, 0.717) is 69.5 Å². The zero-order valence-electron chi connectivity index (χ0n) is 44.9. The Kier molecular flexibility index (Phi) is 15.8. The summed E-state index contributed by atoms with van der Waals surface area (Å²) in [5.41, 5.74) is 2.81. The molecule has 2 aliphatic heterocycles. The molecule has 426 valence electrons. The van der Waals surface area contributed by atoms with Crippen LogP contribution in [0.5, 0.6) is 23.1 Å². The van der Waals surface area contributed by atoms with Gasteiger partial charge in [-0.15, -0.1) is 13.2 Å². The molecule has 3 aromatic carbocycles. The fourth-order valence-corrected chi connectivity index (χ4v) is 13.0. The summed E-state index contributed by atoms with van der Waals surface area (Å²) in [7, 11) is -3.43. The number of hydrogen-bond donors (Lipinski definition) is 4. The van der Waals surface area contributed by atoms with Crippen LogP contribution in [0, 0.1) is 27.3 Å². The minimum atomic E-state index is -4.78. The number of amides is 1. The van der Waals surface area contributed by atoms with Gasteiger partial charge in [-0.1, -0.05) is 50.2 Å². The molecule has 5 heterocycles. The SMILES string of the molecule is COc1nc2[nH]cc(F)c2cc1Oc1cc(N2CCC3(CC2)CC(N2CCN(Cc4ccc(OC(F)(F)F)cc4)C[C@H]2c2ccccc2C(C)C)C3)ccc1C(=O)NS(=O)(=O)c1cnc(NCC2CCC(C)(O)CC2)c([N+](=O)[O-])c1.